The molecule has 2 amide bonds. The molecule has 0 spiro atoms. The average Bonchev–Trinajstić information content (AvgIpc) is 3.39. The van der Waals surface area contributed by atoms with Crippen LogP contribution in [0.15, 0.2) is 67.3 Å². The van der Waals surface area contributed by atoms with Crippen LogP contribution < -0.4 is 15.5 Å². The smallest absolute Gasteiger partial charge is 0.351 e. The van der Waals surface area contributed by atoms with Crippen LogP contribution in [0, 0.1) is 0 Å². The van der Waals surface area contributed by atoms with Crippen molar-refractivity contribution in [2.75, 3.05) is 10.2 Å². The van der Waals surface area contributed by atoms with Gasteiger partial charge in [-0.25, -0.2) is 19.7 Å². The second kappa shape index (κ2) is 12.1. The SMILES string of the molecule is Cn1cc(-c2ccc(N(C(=O)NCc3ccccc3)[C@H]3CC[C@H](Nc4ncc(C(F)(F)F)c(Cl)n4)CC3)nc2)cn1. The Hall–Kier alpha value is -4.19. The highest BCUT2D eigenvalue weighted by Crippen LogP contribution is 2.34. The Labute approximate surface area is 239 Å². The molecule has 2 N–H and O–H groups in total. The highest BCUT2D eigenvalue weighted by atomic mass is 35.5. The van der Waals surface area contributed by atoms with Gasteiger partial charge < -0.3 is 10.6 Å². The number of alkyl halides is 3. The van der Waals surface area contributed by atoms with Crippen molar-refractivity contribution < 1.29 is 18.0 Å². The molecule has 1 aromatic carbocycles. The molecule has 13 heteroatoms. The summed E-state index contributed by atoms with van der Waals surface area (Å²) in [7, 11) is 1.84. The van der Waals surface area contributed by atoms with Gasteiger partial charge in [0.2, 0.25) is 5.95 Å². The van der Waals surface area contributed by atoms with Gasteiger partial charge in [-0.15, -0.1) is 0 Å². The van der Waals surface area contributed by atoms with Gasteiger partial charge >= 0.3 is 12.2 Å². The molecule has 4 aromatic rings. The molecule has 1 aliphatic rings. The van der Waals surface area contributed by atoms with E-state index in [9.17, 15) is 18.0 Å². The molecule has 0 aliphatic heterocycles. The molecule has 214 valence electrons. The molecule has 0 radical (unpaired) electrons. The predicted molar refractivity (Wildman–Crippen MR) is 149 cm³/mol. The van der Waals surface area contributed by atoms with Crippen LogP contribution in [0.5, 0.6) is 0 Å². The van der Waals surface area contributed by atoms with Crippen molar-refractivity contribution >= 4 is 29.4 Å². The molecule has 5 rings (SSSR count). The van der Waals surface area contributed by atoms with E-state index in [1.165, 1.54) is 0 Å². The summed E-state index contributed by atoms with van der Waals surface area (Å²) >= 11 is 5.75. The Bertz CT molecular complexity index is 1470. The molecule has 41 heavy (non-hydrogen) atoms. The minimum absolute atomic E-state index is 0.0385. The normalized spacial score (nSPS) is 17.2. The monoisotopic (exact) mass is 584 g/mol. The van der Waals surface area contributed by atoms with E-state index in [0.717, 1.165) is 16.7 Å². The summed E-state index contributed by atoms with van der Waals surface area (Å²) in [6.07, 6.45) is 3.99. The van der Waals surface area contributed by atoms with Crippen molar-refractivity contribution in [3.8, 4) is 11.1 Å². The molecule has 9 nitrogen and oxygen atoms in total. The Kier molecular flexibility index (Phi) is 8.39. The molecule has 0 saturated heterocycles. The van der Waals surface area contributed by atoms with Crippen molar-refractivity contribution in [1.82, 2.24) is 30.0 Å². The van der Waals surface area contributed by atoms with E-state index in [2.05, 4.69) is 30.7 Å². The molecule has 1 fully saturated rings. The van der Waals surface area contributed by atoms with Gasteiger partial charge in [0.15, 0.2) is 0 Å². The Morgan fingerprint density at radius 3 is 2.39 bits per heavy atom. The summed E-state index contributed by atoms with van der Waals surface area (Å²) < 4.78 is 40.7. The molecule has 0 unspecified atom stereocenters. The minimum atomic E-state index is -4.62. The number of aryl methyl sites for hydroxylation is 1. The van der Waals surface area contributed by atoms with Gasteiger partial charge in [-0.2, -0.15) is 18.3 Å². The number of anilines is 2. The fourth-order valence-corrected chi connectivity index (χ4v) is 5.10. The number of hydrogen-bond donors (Lipinski definition) is 2. The van der Waals surface area contributed by atoms with E-state index >= 15 is 0 Å². The van der Waals surface area contributed by atoms with Crippen molar-refractivity contribution in [2.24, 2.45) is 7.05 Å². The number of benzene rings is 1. The predicted octanol–water partition coefficient (Wildman–Crippen LogP) is 6.08. The van der Waals surface area contributed by atoms with E-state index < -0.39 is 16.9 Å². The van der Waals surface area contributed by atoms with E-state index in [4.69, 9.17) is 11.6 Å². The first-order valence-electron chi connectivity index (χ1n) is 13.1. The molecule has 3 heterocycles. The number of carbonyl (C=O) groups is 1. The number of carbonyl (C=O) groups excluding carboxylic acids is 1. The number of nitrogens with zero attached hydrogens (tertiary/aromatic N) is 6. The van der Waals surface area contributed by atoms with Crippen molar-refractivity contribution in [3.05, 3.63) is 83.5 Å². The number of aromatic nitrogens is 5. The Morgan fingerprint density at radius 1 is 1.02 bits per heavy atom. The van der Waals surface area contributed by atoms with Gasteiger partial charge in [0.25, 0.3) is 0 Å². The number of rotatable bonds is 7. The maximum Gasteiger partial charge on any atom is 0.420 e. The first-order valence-corrected chi connectivity index (χ1v) is 13.5. The summed E-state index contributed by atoms with van der Waals surface area (Å²) in [5.74, 6) is 0.564. The summed E-state index contributed by atoms with van der Waals surface area (Å²) in [6, 6.07) is 12.9. The average molecular weight is 585 g/mol. The zero-order valence-corrected chi connectivity index (χ0v) is 22.9. The van der Waals surface area contributed by atoms with Gasteiger partial charge in [0, 0.05) is 55.4 Å². The molecule has 1 aliphatic carbocycles. The minimum Gasteiger partial charge on any atom is -0.351 e. The highest BCUT2D eigenvalue weighted by molar-refractivity contribution is 6.30. The van der Waals surface area contributed by atoms with Crippen LogP contribution in [0.4, 0.5) is 29.7 Å². The third-order valence-electron chi connectivity index (χ3n) is 6.98. The summed E-state index contributed by atoms with van der Waals surface area (Å²) in [6.45, 7) is 0.368. The molecule has 0 atom stereocenters. The lowest BCUT2D eigenvalue weighted by Gasteiger charge is -2.36. The first-order chi connectivity index (χ1) is 19.7. The largest absolute Gasteiger partial charge is 0.420 e. The van der Waals surface area contributed by atoms with Crippen LogP contribution in [0.2, 0.25) is 5.15 Å². The summed E-state index contributed by atoms with van der Waals surface area (Å²) in [5.41, 5.74) is 1.70. The molecule has 1 saturated carbocycles. The molecule has 0 bridgehead atoms. The van der Waals surface area contributed by atoms with Gasteiger partial charge in [-0.3, -0.25) is 9.58 Å². The van der Waals surface area contributed by atoms with Gasteiger partial charge in [0.1, 0.15) is 16.5 Å². The third kappa shape index (κ3) is 6.94. The standard InChI is InChI=1S/C28H28ClF3N8O/c1-39-17-20(15-36-39)19-7-12-24(33-14-19)40(27(41)35-13-18-5-3-2-4-6-18)22-10-8-21(9-11-22)37-26-34-16-23(25(29)38-26)28(30,31)32/h2-7,12,14-17,21-22H,8-11,13H2,1H3,(H,35,41)(H,34,37,38)/t21-,22-. The van der Waals surface area contributed by atoms with Crippen molar-refractivity contribution in [3.63, 3.8) is 0 Å². The van der Waals surface area contributed by atoms with Gasteiger partial charge in [-0.05, 0) is 43.4 Å². The van der Waals surface area contributed by atoms with E-state index in [-0.39, 0.29) is 24.1 Å². The fraction of sp³-hybridized carbons (Fsp3) is 0.321. The summed E-state index contributed by atoms with van der Waals surface area (Å²) in [4.78, 5) is 27.4. The van der Waals surface area contributed by atoms with Crippen LogP contribution in [-0.2, 0) is 19.8 Å². The van der Waals surface area contributed by atoms with Crippen LogP contribution in [0.25, 0.3) is 11.1 Å². The maximum atomic E-state index is 13.5. The maximum absolute atomic E-state index is 13.5. The lowest BCUT2D eigenvalue weighted by Crippen LogP contribution is -2.49. The van der Waals surface area contributed by atoms with Crippen molar-refractivity contribution in [2.45, 2.75) is 50.5 Å². The zero-order valence-electron chi connectivity index (χ0n) is 22.1. The Morgan fingerprint density at radius 2 is 1.78 bits per heavy atom. The number of halogens is 4. The Balaban J connectivity index is 1.29. The number of nitrogens with one attached hydrogen (secondary N) is 2. The van der Waals surface area contributed by atoms with Crippen LogP contribution in [0.3, 0.4) is 0 Å². The van der Waals surface area contributed by atoms with Gasteiger partial charge in [0.05, 0.1) is 6.20 Å². The second-order valence-corrected chi connectivity index (χ2v) is 10.2. The number of urea groups is 1. The van der Waals surface area contributed by atoms with Crippen LogP contribution in [0.1, 0.15) is 36.8 Å². The third-order valence-corrected chi connectivity index (χ3v) is 7.27. The number of amides is 2. The quantitative estimate of drug-likeness (QED) is 0.255. The summed E-state index contributed by atoms with van der Waals surface area (Å²) in [5, 5.41) is 9.65. The number of pyridine rings is 1. The first kappa shape index (κ1) is 28.3. The van der Waals surface area contributed by atoms with Crippen molar-refractivity contribution in [1.29, 1.82) is 0 Å². The number of hydrogen-bond acceptors (Lipinski definition) is 6. The van der Waals surface area contributed by atoms with E-state index in [1.807, 2.05) is 55.7 Å². The topological polar surface area (TPSA) is 101 Å². The fourth-order valence-electron chi connectivity index (χ4n) is 4.87. The molecular formula is C28H28ClF3N8O. The van der Waals surface area contributed by atoms with Crippen LogP contribution in [-0.4, -0.2) is 42.8 Å². The molecule has 3 aromatic heterocycles. The highest BCUT2D eigenvalue weighted by Gasteiger charge is 2.35. The van der Waals surface area contributed by atoms with Gasteiger partial charge in [-0.1, -0.05) is 41.9 Å². The van der Waals surface area contributed by atoms with Crippen LogP contribution >= 0.6 is 11.6 Å². The lowest BCUT2D eigenvalue weighted by molar-refractivity contribution is -0.137. The lowest BCUT2D eigenvalue weighted by atomic mass is 9.90. The van der Waals surface area contributed by atoms with E-state index in [1.54, 1.807) is 22.0 Å². The van der Waals surface area contributed by atoms with E-state index in [0.29, 0.717) is 44.2 Å². The second-order valence-electron chi connectivity index (χ2n) is 9.87. The molecular weight excluding hydrogens is 557 g/mol. The zero-order chi connectivity index (χ0) is 29.0.